The summed E-state index contributed by atoms with van der Waals surface area (Å²) in [4.78, 5) is 15.4. The summed E-state index contributed by atoms with van der Waals surface area (Å²) in [6, 6.07) is -0.112. The van der Waals surface area contributed by atoms with E-state index >= 15 is 0 Å². The van der Waals surface area contributed by atoms with Gasteiger partial charge >= 0.3 is 6.03 Å². The average Bonchev–Trinajstić information content (AvgIpc) is 2.10. The van der Waals surface area contributed by atoms with Crippen molar-refractivity contribution >= 4 is 12.4 Å². The number of carbonyl (C=O) groups excluding carboxylic acids is 1. The summed E-state index contributed by atoms with van der Waals surface area (Å²) in [6.07, 6.45) is 3.96. The zero-order chi connectivity index (χ0) is 9.40. The summed E-state index contributed by atoms with van der Waals surface area (Å²) in [5, 5.41) is 2.52. The van der Waals surface area contributed by atoms with E-state index in [0.29, 0.717) is 0 Å². The van der Waals surface area contributed by atoms with E-state index in [2.05, 4.69) is 17.2 Å². The first kappa shape index (κ1) is 14.7. The lowest BCUT2D eigenvalue weighted by Crippen LogP contribution is -3.00. The van der Waals surface area contributed by atoms with Crippen molar-refractivity contribution in [3.05, 3.63) is 0 Å². The van der Waals surface area contributed by atoms with E-state index in [4.69, 9.17) is 0 Å². The van der Waals surface area contributed by atoms with E-state index < -0.39 is 0 Å². The molecule has 0 aliphatic heterocycles. The first-order valence-corrected chi connectivity index (χ1v) is 4.23. The van der Waals surface area contributed by atoms with Crippen LogP contribution in [0.1, 0.15) is 19.8 Å². The normalized spacial score (nSPS) is 9.46. The van der Waals surface area contributed by atoms with Crippen LogP contribution in [0.25, 0.3) is 0 Å². The average molecular weight is 208 g/mol. The molecule has 13 heavy (non-hydrogen) atoms. The molecule has 5 heteroatoms. The van der Waals surface area contributed by atoms with E-state index in [-0.39, 0.29) is 18.4 Å². The van der Waals surface area contributed by atoms with E-state index in [9.17, 15) is 4.79 Å². The highest BCUT2D eigenvalue weighted by molar-refractivity contribution is 5.83. The lowest BCUT2D eigenvalue weighted by atomic mass is 10.3. The first-order valence-electron chi connectivity index (χ1n) is 4.23. The Morgan fingerprint density at radius 3 is 2.69 bits per heavy atom. The van der Waals surface area contributed by atoms with Crippen LogP contribution in [0.3, 0.4) is 0 Å². The molecule has 0 saturated carbocycles. The van der Waals surface area contributed by atoms with Crippen molar-refractivity contribution in [3.8, 4) is 0 Å². The van der Waals surface area contributed by atoms with E-state index in [1.165, 1.54) is 4.90 Å². The van der Waals surface area contributed by atoms with Gasteiger partial charge in [0.1, 0.15) is 0 Å². The summed E-state index contributed by atoms with van der Waals surface area (Å²) < 4.78 is 0. The zero-order valence-corrected chi connectivity index (χ0v) is 9.19. The second-order valence-corrected chi connectivity index (χ2v) is 2.60. The fourth-order valence-electron chi connectivity index (χ4n) is 0.715. The van der Waals surface area contributed by atoms with E-state index in [0.717, 1.165) is 19.4 Å². The van der Waals surface area contributed by atoms with Gasteiger partial charge in [0.2, 0.25) is 6.34 Å². The van der Waals surface area contributed by atoms with Crippen molar-refractivity contribution in [2.24, 2.45) is 0 Å². The maximum absolute atomic E-state index is 10.9. The maximum atomic E-state index is 10.9. The standard InChI is InChI=1S/C8H17N3O.ClH/c1-4-5-6-10-7-11(3)8(12)9-2;/h7H,4-6H2,1-3H3,(H,9,12);1H. The Balaban J connectivity index is 0. The topological polar surface area (TPSA) is 46.3 Å². The molecule has 0 aliphatic rings. The summed E-state index contributed by atoms with van der Waals surface area (Å²) in [7, 11) is 3.32. The molecule has 0 heterocycles. The molecule has 4 nitrogen and oxygen atoms in total. The molecule has 0 radical (unpaired) electrons. The van der Waals surface area contributed by atoms with Crippen molar-refractivity contribution in [1.82, 2.24) is 10.2 Å². The monoisotopic (exact) mass is 207 g/mol. The fraction of sp³-hybridized carbons (Fsp3) is 0.750. The third-order valence-corrected chi connectivity index (χ3v) is 1.49. The highest BCUT2D eigenvalue weighted by Gasteiger charge is 2.07. The van der Waals surface area contributed by atoms with Gasteiger partial charge in [-0.15, -0.1) is 0 Å². The number of nitrogens with zero attached hydrogens (tertiary/aromatic N) is 1. The molecule has 0 aromatic carbocycles. The number of rotatable bonds is 4. The van der Waals surface area contributed by atoms with Crippen LogP contribution in [0.5, 0.6) is 0 Å². The number of carbonyl (C=O) groups is 1. The van der Waals surface area contributed by atoms with Crippen molar-refractivity contribution in [3.63, 3.8) is 0 Å². The molecular weight excluding hydrogens is 190 g/mol. The molecule has 2 amide bonds. The van der Waals surface area contributed by atoms with Gasteiger partial charge in [0.05, 0.1) is 13.6 Å². The minimum atomic E-state index is -0.112. The van der Waals surface area contributed by atoms with Crippen molar-refractivity contribution < 1.29 is 22.2 Å². The summed E-state index contributed by atoms with van der Waals surface area (Å²) in [5.41, 5.74) is 0. The highest BCUT2D eigenvalue weighted by atomic mass is 35.5. The van der Waals surface area contributed by atoms with Crippen LogP contribution in [-0.2, 0) is 0 Å². The molecule has 0 spiro atoms. The van der Waals surface area contributed by atoms with Gasteiger partial charge in [-0.2, -0.15) is 4.90 Å². The van der Waals surface area contributed by atoms with Gasteiger partial charge in [0.25, 0.3) is 0 Å². The minimum Gasteiger partial charge on any atom is -1.00 e. The molecule has 0 saturated heterocycles. The van der Waals surface area contributed by atoms with Gasteiger partial charge in [-0.1, -0.05) is 13.3 Å². The van der Waals surface area contributed by atoms with Crippen LogP contribution in [0, 0.1) is 0 Å². The smallest absolute Gasteiger partial charge is 0.407 e. The number of unbranched alkanes of at least 4 members (excludes halogenated alkanes) is 1. The molecule has 0 atom stereocenters. The molecule has 0 rings (SSSR count). The lowest BCUT2D eigenvalue weighted by molar-refractivity contribution is -0.456. The van der Waals surface area contributed by atoms with Crippen molar-refractivity contribution in [1.29, 1.82) is 0 Å². The highest BCUT2D eigenvalue weighted by Crippen LogP contribution is 1.77. The minimum absolute atomic E-state index is 0. The Kier molecular flexibility index (Phi) is 10.6. The van der Waals surface area contributed by atoms with Crippen LogP contribution >= 0.6 is 0 Å². The van der Waals surface area contributed by atoms with Gasteiger partial charge in [0, 0.05) is 7.05 Å². The Morgan fingerprint density at radius 2 is 2.23 bits per heavy atom. The van der Waals surface area contributed by atoms with Gasteiger partial charge in [-0.05, 0) is 6.42 Å². The Labute approximate surface area is 85.8 Å². The van der Waals surface area contributed by atoms with Crippen LogP contribution in [-0.4, -0.2) is 37.9 Å². The molecule has 0 aromatic rings. The quantitative estimate of drug-likeness (QED) is 0.277. The lowest BCUT2D eigenvalue weighted by Gasteiger charge is -2.01. The molecular formula is C8H18ClN3O. The third kappa shape index (κ3) is 7.59. The Bertz CT molecular complexity index is 161. The summed E-state index contributed by atoms with van der Waals surface area (Å²) in [5.74, 6) is 0. The first-order chi connectivity index (χ1) is 5.72. The third-order valence-electron chi connectivity index (χ3n) is 1.49. The molecule has 78 valence electrons. The predicted octanol–water partition coefficient (Wildman–Crippen LogP) is -3.83. The van der Waals surface area contributed by atoms with Crippen LogP contribution < -0.4 is 22.7 Å². The van der Waals surface area contributed by atoms with Gasteiger partial charge in [0.15, 0.2) is 0 Å². The van der Waals surface area contributed by atoms with Crippen LogP contribution in [0.2, 0.25) is 0 Å². The molecule has 0 aliphatic carbocycles. The Morgan fingerprint density at radius 1 is 1.62 bits per heavy atom. The van der Waals surface area contributed by atoms with Crippen molar-refractivity contribution in [2.75, 3.05) is 20.6 Å². The van der Waals surface area contributed by atoms with Crippen LogP contribution in [0.15, 0.2) is 0 Å². The largest absolute Gasteiger partial charge is 1.00 e. The fourth-order valence-corrected chi connectivity index (χ4v) is 0.715. The SMILES string of the molecule is CCCC[NH+]=CN(C)C(=O)NC.[Cl-]. The molecule has 0 aromatic heterocycles. The number of hydrogen-bond acceptors (Lipinski definition) is 1. The number of halogens is 1. The number of urea groups is 1. The summed E-state index contributed by atoms with van der Waals surface area (Å²) >= 11 is 0. The van der Waals surface area contributed by atoms with Gasteiger partial charge in [-0.3, -0.25) is 4.99 Å². The Hall–Kier alpha value is -0.770. The maximum Gasteiger partial charge on any atom is 0.407 e. The molecule has 2 N–H and O–H groups in total. The second kappa shape index (κ2) is 9.32. The number of amides is 2. The predicted molar refractivity (Wildman–Crippen MR) is 49.0 cm³/mol. The number of hydrogen-bond donors (Lipinski definition) is 2. The van der Waals surface area contributed by atoms with E-state index in [1.54, 1.807) is 20.4 Å². The van der Waals surface area contributed by atoms with Gasteiger partial charge < -0.3 is 17.7 Å². The second-order valence-electron chi connectivity index (χ2n) is 2.60. The van der Waals surface area contributed by atoms with E-state index in [1.807, 2.05) is 0 Å². The van der Waals surface area contributed by atoms with Crippen LogP contribution in [0.4, 0.5) is 4.79 Å². The van der Waals surface area contributed by atoms with Crippen molar-refractivity contribution in [2.45, 2.75) is 19.8 Å². The zero-order valence-electron chi connectivity index (χ0n) is 8.43. The van der Waals surface area contributed by atoms with Gasteiger partial charge in [-0.25, -0.2) is 4.79 Å². The molecule has 0 fully saturated rings. The summed E-state index contributed by atoms with van der Waals surface area (Å²) in [6.45, 7) is 3.04. The molecule has 0 unspecified atom stereocenters. The number of nitrogens with one attached hydrogen (secondary N) is 2. The molecule has 0 bridgehead atoms.